The van der Waals surface area contributed by atoms with E-state index in [4.69, 9.17) is 0 Å². The molecule has 0 bridgehead atoms. The van der Waals surface area contributed by atoms with Crippen LogP contribution in [0.15, 0.2) is 120 Å². The molecule has 0 aliphatic heterocycles. The highest BCUT2D eigenvalue weighted by atomic mass is 79.9. The third kappa shape index (κ3) is 5.07. The minimum atomic E-state index is -1.20. The Morgan fingerprint density at radius 1 is 0.485 bits per heavy atom. The molecule has 1 atom stereocenters. The van der Waals surface area contributed by atoms with Gasteiger partial charge in [-0.2, -0.15) is 0 Å². The molecule has 0 N–H and O–H groups in total. The van der Waals surface area contributed by atoms with Gasteiger partial charge < -0.3 is 0 Å². The number of halogens is 1. The van der Waals surface area contributed by atoms with Gasteiger partial charge in [0.25, 0.3) is 0 Å². The highest BCUT2D eigenvalue weighted by Gasteiger charge is 2.41. The van der Waals surface area contributed by atoms with Crippen LogP contribution >= 0.6 is 15.9 Å². The van der Waals surface area contributed by atoms with Crippen molar-refractivity contribution in [2.24, 2.45) is 5.92 Å². The minimum Gasteiger partial charge on any atom is -0.293 e. The van der Waals surface area contributed by atoms with Crippen molar-refractivity contribution in [2.45, 2.75) is 5.92 Å². The SMILES string of the molecule is O=C(c1ccccc1)C(C(=O)c1ccccc1)C(C(=O)c1ccccc1)c1ccc(Br)cc1. The Hall–Kier alpha value is -3.63. The number of carbonyl (C=O) groups excluding carboxylic acids is 3. The van der Waals surface area contributed by atoms with Gasteiger partial charge in [0.2, 0.25) is 0 Å². The number of benzene rings is 4. The summed E-state index contributed by atoms with van der Waals surface area (Å²) in [4.78, 5) is 41.4. The topological polar surface area (TPSA) is 51.2 Å². The average Bonchev–Trinajstić information content (AvgIpc) is 2.88. The van der Waals surface area contributed by atoms with Gasteiger partial charge in [-0.25, -0.2) is 0 Å². The lowest BCUT2D eigenvalue weighted by Gasteiger charge is -2.25. The lowest BCUT2D eigenvalue weighted by atomic mass is 9.73. The second-order valence-electron chi connectivity index (χ2n) is 7.70. The number of rotatable bonds is 8. The monoisotopic (exact) mass is 496 g/mol. The molecule has 4 aromatic rings. The molecule has 0 heterocycles. The molecule has 1 unspecified atom stereocenters. The van der Waals surface area contributed by atoms with Crippen LogP contribution in [-0.2, 0) is 0 Å². The number of hydrogen-bond donors (Lipinski definition) is 0. The second-order valence-corrected chi connectivity index (χ2v) is 8.61. The minimum absolute atomic E-state index is 0.267. The summed E-state index contributed by atoms with van der Waals surface area (Å²) in [6.45, 7) is 0. The van der Waals surface area contributed by atoms with Crippen LogP contribution < -0.4 is 0 Å². The first-order chi connectivity index (χ1) is 16.1. The molecule has 0 aliphatic rings. The van der Waals surface area contributed by atoms with Gasteiger partial charge in [-0.1, -0.05) is 119 Å². The second kappa shape index (κ2) is 10.3. The molecule has 3 nitrogen and oxygen atoms in total. The third-order valence-electron chi connectivity index (χ3n) is 5.58. The molecule has 33 heavy (non-hydrogen) atoms. The van der Waals surface area contributed by atoms with E-state index in [-0.39, 0.29) is 17.3 Å². The van der Waals surface area contributed by atoms with Gasteiger partial charge in [0, 0.05) is 21.2 Å². The van der Waals surface area contributed by atoms with E-state index in [0.717, 1.165) is 4.47 Å². The normalized spacial score (nSPS) is 11.7. The Bertz CT molecular complexity index is 1200. The Morgan fingerprint density at radius 3 is 1.24 bits per heavy atom. The van der Waals surface area contributed by atoms with Crippen LogP contribution in [0.25, 0.3) is 0 Å². The summed E-state index contributed by atoms with van der Waals surface area (Å²) in [7, 11) is 0. The Balaban J connectivity index is 1.90. The Morgan fingerprint density at radius 2 is 0.848 bits per heavy atom. The summed E-state index contributed by atoms with van der Waals surface area (Å²) in [6.07, 6.45) is 0. The predicted molar refractivity (Wildman–Crippen MR) is 133 cm³/mol. The van der Waals surface area contributed by atoms with Gasteiger partial charge in [0.1, 0.15) is 0 Å². The van der Waals surface area contributed by atoms with Crippen molar-refractivity contribution >= 4 is 33.3 Å². The van der Waals surface area contributed by atoms with E-state index in [0.29, 0.717) is 22.3 Å². The maximum Gasteiger partial charge on any atom is 0.174 e. The van der Waals surface area contributed by atoms with Crippen LogP contribution in [0, 0.1) is 5.92 Å². The zero-order valence-corrected chi connectivity index (χ0v) is 19.3. The molecule has 0 aliphatic carbocycles. The predicted octanol–water partition coefficient (Wildman–Crippen LogP) is 6.80. The summed E-state index contributed by atoms with van der Waals surface area (Å²) in [5, 5.41) is 0. The fraction of sp³-hybridized carbons (Fsp3) is 0.0690. The van der Waals surface area contributed by atoms with Crippen LogP contribution in [0.5, 0.6) is 0 Å². The maximum atomic E-state index is 13.8. The van der Waals surface area contributed by atoms with Crippen molar-refractivity contribution in [3.63, 3.8) is 0 Å². The third-order valence-corrected chi connectivity index (χ3v) is 6.11. The summed E-state index contributed by atoms with van der Waals surface area (Å²) < 4.78 is 0.845. The molecule has 0 spiro atoms. The van der Waals surface area contributed by atoms with Gasteiger partial charge in [0.15, 0.2) is 17.3 Å². The van der Waals surface area contributed by atoms with Gasteiger partial charge in [-0.3, -0.25) is 14.4 Å². The first-order valence-electron chi connectivity index (χ1n) is 10.6. The van der Waals surface area contributed by atoms with E-state index in [1.54, 1.807) is 84.9 Å². The molecule has 0 radical (unpaired) electrons. The van der Waals surface area contributed by atoms with E-state index in [1.165, 1.54) is 0 Å². The smallest absolute Gasteiger partial charge is 0.174 e. The van der Waals surface area contributed by atoms with Crippen molar-refractivity contribution < 1.29 is 14.4 Å². The first kappa shape index (κ1) is 22.6. The van der Waals surface area contributed by atoms with Crippen LogP contribution in [0.2, 0.25) is 0 Å². The lowest BCUT2D eigenvalue weighted by Crippen LogP contribution is -2.35. The van der Waals surface area contributed by atoms with Crippen molar-refractivity contribution in [3.05, 3.63) is 142 Å². The molecule has 0 fully saturated rings. The largest absolute Gasteiger partial charge is 0.293 e. The quantitative estimate of drug-likeness (QED) is 0.199. The number of ketones is 3. The average molecular weight is 497 g/mol. The standard InChI is InChI=1S/C29H21BrO3/c30-24-18-16-20(17-19-24)25(27(31)21-10-4-1-5-11-21)26(28(32)22-12-6-2-7-13-22)29(33)23-14-8-3-9-15-23/h1-19,25-26H. The molecule has 0 aromatic heterocycles. The van der Waals surface area contributed by atoms with E-state index in [9.17, 15) is 14.4 Å². The van der Waals surface area contributed by atoms with Crippen molar-refractivity contribution in [2.75, 3.05) is 0 Å². The summed E-state index contributed by atoms with van der Waals surface area (Å²) >= 11 is 3.43. The molecular weight excluding hydrogens is 476 g/mol. The summed E-state index contributed by atoms with van der Waals surface area (Å²) in [5.41, 5.74) is 1.87. The van der Waals surface area contributed by atoms with Gasteiger partial charge in [-0.15, -0.1) is 0 Å². The zero-order chi connectivity index (χ0) is 23.2. The van der Waals surface area contributed by atoms with Crippen LogP contribution in [0.4, 0.5) is 0 Å². The van der Waals surface area contributed by atoms with E-state index in [1.807, 2.05) is 30.3 Å². The van der Waals surface area contributed by atoms with Crippen molar-refractivity contribution in [3.8, 4) is 0 Å². The Labute approximate surface area is 201 Å². The molecule has 0 saturated heterocycles. The zero-order valence-electron chi connectivity index (χ0n) is 17.7. The molecule has 4 rings (SSSR count). The van der Waals surface area contributed by atoms with Crippen LogP contribution in [-0.4, -0.2) is 17.3 Å². The molecule has 162 valence electrons. The van der Waals surface area contributed by atoms with E-state index < -0.39 is 11.8 Å². The van der Waals surface area contributed by atoms with Crippen LogP contribution in [0.1, 0.15) is 42.6 Å². The number of Topliss-reactive ketones (excluding diaryl/α,β-unsaturated/α-hetero) is 3. The lowest BCUT2D eigenvalue weighted by molar-refractivity contribution is 0.0731. The fourth-order valence-electron chi connectivity index (χ4n) is 3.93. The molecule has 0 saturated carbocycles. The van der Waals surface area contributed by atoms with Crippen molar-refractivity contribution in [1.82, 2.24) is 0 Å². The highest BCUT2D eigenvalue weighted by Crippen LogP contribution is 2.34. The first-order valence-corrected chi connectivity index (χ1v) is 11.4. The summed E-state index contributed by atoms with van der Waals surface area (Å²) in [6, 6.07) is 33.4. The molecule has 4 heteroatoms. The summed E-state index contributed by atoms with van der Waals surface area (Å²) in [5.74, 6) is -3.19. The van der Waals surface area contributed by atoms with E-state index in [2.05, 4.69) is 15.9 Å². The van der Waals surface area contributed by atoms with Crippen molar-refractivity contribution in [1.29, 1.82) is 0 Å². The highest BCUT2D eigenvalue weighted by molar-refractivity contribution is 9.10. The molecule has 4 aromatic carbocycles. The van der Waals surface area contributed by atoms with Crippen LogP contribution in [0.3, 0.4) is 0 Å². The molecular formula is C29H21BrO3. The fourth-order valence-corrected chi connectivity index (χ4v) is 4.20. The van der Waals surface area contributed by atoms with Gasteiger partial charge in [0.05, 0.1) is 11.8 Å². The Kier molecular flexibility index (Phi) is 7.06. The molecule has 0 amide bonds. The van der Waals surface area contributed by atoms with Gasteiger partial charge >= 0.3 is 0 Å². The maximum absolute atomic E-state index is 13.8. The van der Waals surface area contributed by atoms with E-state index >= 15 is 0 Å². The number of hydrogen-bond acceptors (Lipinski definition) is 3. The van der Waals surface area contributed by atoms with Gasteiger partial charge in [-0.05, 0) is 17.7 Å². The number of carbonyl (C=O) groups is 3.